The molecule has 4 rings (SSSR count). The number of methoxy groups -OCH3 is 1. The number of ether oxygens (including phenoxy) is 3. The first-order valence-corrected chi connectivity index (χ1v) is 15.1. The largest absolute Gasteiger partial charge is 0.497 e. The highest BCUT2D eigenvalue weighted by molar-refractivity contribution is 7.99. The normalized spacial score (nSPS) is 13.7. The second-order valence-corrected chi connectivity index (χ2v) is 10.0. The van der Waals surface area contributed by atoms with Gasteiger partial charge >= 0.3 is 0 Å². The fourth-order valence-corrected chi connectivity index (χ4v) is 5.11. The lowest BCUT2D eigenvalue weighted by atomic mass is 10.00. The average molecular weight is 583 g/mol. The lowest BCUT2D eigenvalue weighted by Gasteiger charge is -2.14. The highest BCUT2D eigenvalue weighted by Gasteiger charge is 2.30. The van der Waals surface area contributed by atoms with Crippen LogP contribution in [0, 0.1) is 6.92 Å². The van der Waals surface area contributed by atoms with Gasteiger partial charge in [0.2, 0.25) is 5.91 Å². The van der Waals surface area contributed by atoms with Crippen molar-refractivity contribution in [3.05, 3.63) is 65.2 Å². The molecular formula is C30H42N6O4S. The van der Waals surface area contributed by atoms with E-state index in [1.807, 2.05) is 50.5 Å². The zero-order valence-electron chi connectivity index (χ0n) is 24.7. The molecule has 0 bridgehead atoms. The minimum atomic E-state index is -0.494. The third-order valence-corrected chi connectivity index (χ3v) is 7.12. The number of hydrogen-bond donors (Lipinski definition) is 2. The molecule has 1 aromatic heterocycles. The van der Waals surface area contributed by atoms with Crippen molar-refractivity contribution in [1.82, 2.24) is 20.1 Å². The minimum Gasteiger partial charge on any atom is -0.497 e. The number of nitrogens with zero attached hydrogens (tertiary/aromatic N) is 4. The molecule has 3 N–H and O–H groups in total. The number of amides is 1. The van der Waals surface area contributed by atoms with Gasteiger partial charge in [0.15, 0.2) is 5.82 Å². The summed E-state index contributed by atoms with van der Waals surface area (Å²) in [6, 6.07) is 13.7. The molecule has 1 amide bonds. The summed E-state index contributed by atoms with van der Waals surface area (Å²) in [5, 5.41) is 11.6. The maximum absolute atomic E-state index is 12.6. The molecule has 0 radical (unpaired) electrons. The standard InChI is InChI=1S/C28H36N6O4S.C2H6/c1-4-30-26(35)18-24-28-33-32-19(2)34(28)25-10-7-21(36-3)17-23(25)27(31-24)20-5-8-22(9-6-20)39-16-15-38-14-13-37-12-11-29;1-2/h5-10,17,24H,4,11-16,18,29H2,1-3H3,(H,30,35);1-2H3/t24-;/m0./s1. The van der Waals surface area contributed by atoms with Gasteiger partial charge in [-0.3, -0.25) is 14.4 Å². The Hall–Kier alpha value is -3.25. The Bertz CT molecular complexity index is 1280. The Balaban J connectivity index is 0.00000226. The van der Waals surface area contributed by atoms with Crippen LogP contribution in [-0.4, -0.2) is 78.8 Å². The lowest BCUT2D eigenvalue weighted by molar-refractivity contribution is -0.121. The van der Waals surface area contributed by atoms with Gasteiger partial charge in [-0.2, -0.15) is 0 Å². The number of carbonyl (C=O) groups is 1. The van der Waals surface area contributed by atoms with Crippen LogP contribution in [0.5, 0.6) is 5.75 Å². The molecule has 2 aromatic carbocycles. The zero-order chi connectivity index (χ0) is 29.6. The van der Waals surface area contributed by atoms with Crippen LogP contribution in [0.3, 0.4) is 0 Å². The zero-order valence-corrected chi connectivity index (χ0v) is 25.5. The molecule has 1 aliphatic rings. The van der Waals surface area contributed by atoms with E-state index in [4.69, 9.17) is 24.9 Å². The quantitative estimate of drug-likeness (QED) is 0.215. The van der Waals surface area contributed by atoms with Crippen LogP contribution in [0.1, 0.15) is 56.0 Å². The number of rotatable bonds is 14. The molecule has 0 fully saturated rings. The van der Waals surface area contributed by atoms with Crippen LogP contribution < -0.4 is 15.8 Å². The number of carbonyl (C=O) groups excluding carboxylic acids is 1. The van der Waals surface area contributed by atoms with E-state index >= 15 is 0 Å². The van der Waals surface area contributed by atoms with E-state index in [1.165, 1.54) is 0 Å². The SMILES string of the molecule is CC.CCNC(=O)C[C@@H]1N=C(c2ccc(SCCOCCOCCN)cc2)c2cc(OC)ccc2-n2c(C)nnc21. The van der Waals surface area contributed by atoms with Crippen molar-refractivity contribution in [2.75, 3.05) is 52.4 Å². The van der Waals surface area contributed by atoms with Crippen molar-refractivity contribution in [2.45, 2.75) is 45.1 Å². The van der Waals surface area contributed by atoms with E-state index in [1.54, 1.807) is 18.9 Å². The molecule has 222 valence electrons. The van der Waals surface area contributed by atoms with Gasteiger partial charge in [0.25, 0.3) is 0 Å². The van der Waals surface area contributed by atoms with Crippen LogP contribution in [0.15, 0.2) is 52.4 Å². The summed E-state index contributed by atoms with van der Waals surface area (Å²) in [5.41, 5.74) is 8.92. The number of thioether (sulfide) groups is 1. The van der Waals surface area contributed by atoms with Crippen LogP contribution in [0.25, 0.3) is 5.69 Å². The summed E-state index contributed by atoms with van der Waals surface area (Å²) in [4.78, 5) is 18.9. The fourth-order valence-electron chi connectivity index (χ4n) is 4.35. The molecule has 10 nitrogen and oxygen atoms in total. The summed E-state index contributed by atoms with van der Waals surface area (Å²) in [7, 11) is 1.64. The third kappa shape index (κ3) is 8.62. The number of fused-ring (bicyclic) bond motifs is 3. The molecule has 2 heterocycles. The average Bonchev–Trinajstić information content (AvgIpc) is 3.32. The van der Waals surface area contributed by atoms with E-state index < -0.39 is 6.04 Å². The Morgan fingerprint density at radius 1 is 1.05 bits per heavy atom. The topological polar surface area (TPSA) is 126 Å². The molecule has 11 heteroatoms. The van der Waals surface area contributed by atoms with Gasteiger partial charge in [-0.15, -0.1) is 22.0 Å². The minimum absolute atomic E-state index is 0.0822. The number of aromatic nitrogens is 3. The predicted octanol–water partition coefficient (Wildman–Crippen LogP) is 4.11. The summed E-state index contributed by atoms with van der Waals surface area (Å²) < 4.78 is 18.5. The van der Waals surface area contributed by atoms with E-state index in [-0.39, 0.29) is 12.3 Å². The molecule has 1 aliphatic heterocycles. The number of nitrogens with two attached hydrogens (primary N) is 1. The van der Waals surface area contributed by atoms with Gasteiger partial charge in [0.05, 0.1) is 51.4 Å². The molecule has 1 atom stereocenters. The van der Waals surface area contributed by atoms with Crippen LogP contribution in [0.4, 0.5) is 0 Å². The smallest absolute Gasteiger partial charge is 0.222 e. The lowest BCUT2D eigenvalue weighted by Crippen LogP contribution is -2.25. The Morgan fingerprint density at radius 3 is 2.46 bits per heavy atom. The highest BCUT2D eigenvalue weighted by Crippen LogP contribution is 2.34. The van der Waals surface area contributed by atoms with E-state index in [9.17, 15) is 4.79 Å². The second-order valence-electron chi connectivity index (χ2n) is 8.86. The fraction of sp³-hybridized carbons (Fsp3) is 0.467. The maximum atomic E-state index is 12.6. The first-order chi connectivity index (χ1) is 20.0. The first kappa shape index (κ1) is 32.3. The van der Waals surface area contributed by atoms with Crippen LogP contribution in [-0.2, 0) is 14.3 Å². The van der Waals surface area contributed by atoms with Crippen molar-refractivity contribution in [1.29, 1.82) is 0 Å². The van der Waals surface area contributed by atoms with Crippen molar-refractivity contribution < 1.29 is 19.0 Å². The van der Waals surface area contributed by atoms with Gasteiger partial charge in [-0.05, 0) is 44.2 Å². The maximum Gasteiger partial charge on any atom is 0.222 e. The molecular weight excluding hydrogens is 540 g/mol. The van der Waals surface area contributed by atoms with Gasteiger partial charge in [0, 0.05) is 34.9 Å². The molecule has 0 aliphatic carbocycles. The van der Waals surface area contributed by atoms with Gasteiger partial charge in [-0.1, -0.05) is 26.0 Å². The highest BCUT2D eigenvalue weighted by atomic mass is 32.2. The second kappa shape index (κ2) is 16.9. The van der Waals surface area contributed by atoms with Crippen molar-refractivity contribution in [3.8, 4) is 11.4 Å². The van der Waals surface area contributed by atoms with Gasteiger partial charge < -0.3 is 25.3 Å². The van der Waals surface area contributed by atoms with E-state index in [0.717, 1.165) is 44.7 Å². The monoisotopic (exact) mass is 582 g/mol. The number of nitrogens with one attached hydrogen (secondary N) is 1. The summed E-state index contributed by atoms with van der Waals surface area (Å²) >= 11 is 1.73. The molecule has 0 saturated carbocycles. The van der Waals surface area contributed by atoms with E-state index in [2.05, 4.69) is 39.8 Å². The van der Waals surface area contributed by atoms with Crippen molar-refractivity contribution in [3.63, 3.8) is 0 Å². The van der Waals surface area contributed by atoms with Crippen molar-refractivity contribution in [2.24, 2.45) is 10.7 Å². The molecule has 3 aromatic rings. The number of aliphatic imine (C=N–C) groups is 1. The predicted molar refractivity (Wildman–Crippen MR) is 164 cm³/mol. The van der Waals surface area contributed by atoms with Gasteiger partial charge in [0.1, 0.15) is 17.6 Å². The van der Waals surface area contributed by atoms with Crippen molar-refractivity contribution >= 4 is 23.4 Å². The molecule has 0 unspecified atom stereocenters. The van der Waals surface area contributed by atoms with E-state index in [0.29, 0.717) is 45.3 Å². The molecule has 0 saturated heterocycles. The Kier molecular flexibility index (Phi) is 13.3. The number of aryl methyl sites for hydroxylation is 1. The Labute approximate surface area is 247 Å². The van der Waals surface area contributed by atoms with Crippen LogP contribution >= 0.6 is 11.8 Å². The summed E-state index contributed by atoms with van der Waals surface area (Å²) in [5.74, 6) is 2.84. The van der Waals surface area contributed by atoms with Gasteiger partial charge in [-0.25, -0.2) is 0 Å². The first-order valence-electron chi connectivity index (χ1n) is 14.1. The molecule has 41 heavy (non-hydrogen) atoms. The third-order valence-electron chi connectivity index (χ3n) is 6.14. The Morgan fingerprint density at radius 2 is 1.78 bits per heavy atom. The van der Waals surface area contributed by atoms with Crippen LogP contribution in [0.2, 0.25) is 0 Å². The summed E-state index contributed by atoms with van der Waals surface area (Å²) in [6.07, 6.45) is 0.172. The summed E-state index contributed by atoms with van der Waals surface area (Å²) in [6.45, 7) is 11.2. The number of benzene rings is 2. The number of hydrogen-bond acceptors (Lipinski definition) is 9. The molecule has 0 spiro atoms.